The summed E-state index contributed by atoms with van der Waals surface area (Å²) in [6, 6.07) is 6.27. The molecular weight excluding hydrogens is 307 g/mol. The first-order chi connectivity index (χ1) is 11.5. The predicted octanol–water partition coefficient (Wildman–Crippen LogP) is 2.90. The molecule has 3 rings (SSSR count). The van der Waals surface area contributed by atoms with Gasteiger partial charge in [-0.05, 0) is 44.5 Å². The molecule has 0 saturated heterocycles. The summed E-state index contributed by atoms with van der Waals surface area (Å²) in [5.74, 6) is -0.453. The zero-order chi connectivity index (χ0) is 17.1. The molecule has 6 heteroatoms. The lowest BCUT2D eigenvalue weighted by atomic mass is 9.92. The van der Waals surface area contributed by atoms with Gasteiger partial charge >= 0.3 is 0 Å². The van der Waals surface area contributed by atoms with Gasteiger partial charge in [-0.15, -0.1) is 0 Å². The summed E-state index contributed by atoms with van der Waals surface area (Å²) in [6.07, 6.45) is 5.61. The van der Waals surface area contributed by atoms with Gasteiger partial charge in [-0.25, -0.2) is 4.39 Å². The molecule has 0 spiro atoms. The fraction of sp³-hybridized carbons (Fsp3) is 0.444. The van der Waals surface area contributed by atoms with Gasteiger partial charge in [-0.3, -0.25) is 14.4 Å². The SMILES string of the molecule is CN(CCC(=O)Nc1cccc(F)c1)C1CCCc2c1cnn2C. The Morgan fingerprint density at radius 1 is 1.50 bits per heavy atom. The van der Waals surface area contributed by atoms with Crippen LogP contribution in [0.2, 0.25) is 0 Å². The highest BCUT2D eigenvalue weighted by Crippen LogP contribution is 2.33. The monoisotopic (exact) mass is 330 g/mol. The van der Waals surface area contributed by atoms with E-state index in [0.717, 1.165) is 19.3 Å². The number of fused-ring (bicyclic) bond motifs is 1. The zero-order valence-electron chi connectivity index (χ0n) is 14.1. The molecule has 1 amide bonds. The molecular formula is C18H23FN4O. The van der Waals surface area contributed by atoms with Crippen molar-refractivity contribution in [3.63, 3.8) is 0 Å². The molecule has 1 heterocycles. The number of aromatic nitrogens is 2. The van der Waals surface area contributed by atoms with Crippen molar-refractivity contribution in [2.45, 2.75) is 31.7 Å². The Balaban J connectivity index is 1.56. The Kier molecular flexibility index (Phi) is 4.94. The van der Waals surface area contributed by atoms with Gasteiger partial charge in [0.05, 0.1) is 6.20 Å². The van der Waals surface area contributed by atoms with Gasteiger partial charge in [0.15, 0.2) is 0 Å². The molecule has 1 aliphatic rings. The maximum atomic E-state index is 13.1. The highest BCUT2D eigenvalue weighted by molar-refractivity contribution is 5.90. The first-order valence-corrected chi connectivity index (χ1v) is 8.31. The van der Waals surface area contributed by atoms with Crippen molar-refractivity contribution in [3.05, 3.63) is 47.5 Å². The highest BCUT2D eigenvalue weighted by Gasteiger charge is 2.26. The molecule has 1 N–H and O–H groups in total. The number of nitrogens with zero attached hydrogens (tertiary/aromatic N) is 3. The van der Waals surface area contributed by atoms with Crippen LogP contribution in [-0.4, -0.2) is 34.2 Å². The standard InChI is InChI=1S/C18H23FN4O/c1-22(16-7-4-8-17-15(16)12-20-23(17)2)10-9-18(24)21-14-6-3-5-13(19)11-14/h3,5-6,11-12,16H,4,7-10H2,1-2H3,(H,21,24). The van der Waals surface area contributed by atoms with E-state index in [-0.39, 0.29) is 11.7 Å². The van der Waals surface area contributed by atoms with Crippen LogP contribution in [0.1, 0.15) is 36.6 Å². The molecule has 0 saturated carbocycles. The Labute approximate surface area is 141 Å². The molecule has 0 bridgehead atoms. The van der Waals surface area contributed by atoms with Crippen LogP contribution in [0.15, 0.2) is 30.5 Å². The number of anilines is 1. The second-order valence-corrected chi connectivity index (χ2v) is 6.37. The van der Waals surface area contributed by atoms with E-state index in [0.29, 0.717) is 24.7 Å². The summed E-state index contributed by atoms with van der Waals surface area (Å²) < 4.78 is 15.1. The minimum Gasteiger partial charge on any atom is -0.326 e. The summed E-state index contributed by atoms with van der Waals surface area (Å²) in [5.41, 5.74) is 3.06. The minimum atomic E-state index is -0.351. The topological polar surface area (TPSA) is 50.2 Å². The van der Waals surface area contributed by atoms with Crippen LogP contribution >= 0.6 is 0 Å². The second-order valence-electron chi connectivity index (χ2n) is 6.37. The normalized spacial score (nSPS) is 16.9. The molecule has 2 aromatic rings. The molecule has 1 atom stereocenters. The lowest BCUT2D eigenvalue weighted by molar-refractivity contribution is -0.116. The van der Waals surface area contributed by atoms with Crippen LogP contribution in [0.5, 0.6) is 0 Å². The molecule has 128 valence electrons. The first kappa shape index (κ1) is 16.6. The minimum absolute atomic E-state index is 0.102. The Bertz CT molecular complexity index is 728. The van der Waals surface area contributed by atoms with Gasteiger partial charge in [-0.1, -0.05) is 6.07 Å². The van der Waals surface area contributed by atoms with Crippen molar-refractivity contribution in [1.29, 1.82) is 0 Å². The van der Waals surface area contributed by atoms with E-state index in [9.17, 15) is 9.18 Å². The number of amides is 1. The molecule has 0 fully saturated rings. The maximum Gasteiger partial charge on any atom is 0.225 e. The second kappa shape index (κ2) is 7.13. The summed E-state index contributed by atoms with van der Waals surface area (Å²) in [5, 5.41) is 7.11. The third-order valence-corrected chi connectivity index (χ3v) is 4.68. The van der Waals surface area contributed by atoms with Crippen molar-refractivity contribution < 1.29 is 9.18 Å². The van der Waals surface area contributed by atoms with Crippen LogP contribution < -0.4 is 5.32 Å². The molecule has 1 aromatic heterocycles. The number of nitrogens with one attached hydrogen (secondary N) is 1. The van der Waals surface area contributed by atoms with Gasteiger partial charge in [0.2, 0.25) is 5.91 Å². The molecule has 1 aromatic carbocycles. The van der Waals surface area contributed by atoms with Crippen molar-refractivity contribution in [2.75, 3.05) is 18.9 Å². The highest BCUT2D eigenvalue weighted by atomic mass is 19.1. The van der Waals surface area contributed by atoms with Gasteiger partial charge < -0.3 is 5.32 Å². The summed E-state index contributed by atoms with van der Waals surface area (Å²) in [4.78, 5) is 14.3. The van der Waals surface area contributed by atoms with Crippen LogP contribution in [0, 0.1) is 5.82 Å². The molecule has 0 radical (unpaired) electrons. The van der Waals surface area contributed by atoms with Crippen LogP contribution in [-0.2, 0) is 18.3 Å². The van der Waals surface area contributed by atoms with Crippen LogP contribution in [0.3, 0.4) is 0 Å². The van der Waals surface area contributed by atoms with Crippen molar-refractivity contribution in [1.82, 2.24) is 14.7 Å². The van der Waals surface area contributed by atoms with Crippen molar-refractivity contribution in [3.8, 4) is 0 Å². The smallest absolute Gasteiger partial charge is 0.225 e. The van der Waals surface area contributed by atoms with Gasteiger partial charge in [0.25, 0.3) is 0 Å². The summed E-state index contributed by atoms with van der Waals surface area (Å²) >= 11 is 0. The Morgan fingerprint density at radius 2 is 2.33 bits per heavy atom. The van der Waals surface area contributed by atoms with E-state index in [4.69, 9.17) is 0 Å². The van der Waals surface area contributed by atoms with E-state index in [1.807, 2.05) is 25.0 Å². The average molecular weight is 330 g/mol. The van der Waals surface area contributed by atoms with Crippen molar-refractivity contribution in [2.24, 2.45) is 7.05 Å². The average Bonchev–Trinajstić information content (AvgIpc) is 2.94. The molecule has 5 nitrogen and oxygen atoms in total. The lowest BCUT2D eigenvalue weighted by Crippen LogP contribution is -2.30. The van der Waals surface area contributed by atoms with Gasteiger partial charge in [0.1, 0.15) is 5.82 Å². The Hall–Kier alpha value is -2.21. The maximum absolute atomic E-state index is 13.1. The largest absolute Gasteiger partial charge is 0.326 e. The lowest BCUT2D eigenvalue weighted by Gasteiger charge is -2.31. The number of carbonyl (C=O) groups excluding carboxylic acids is 1. The number of rotatable bonds is 5. The van der Waals surface area contributed by atoms with E-state index in [1.165, 1.54) is 23.4 Å². The van der Waals surface area contributed by atoms with Gasteiger partial charge in [0, 0.05) is 43.0 Å². The third kappa shape index (κ3) is 3.64. The zero-order valence-corrected chi connectivity index (χ0v) is 14.1. The molecule has 1 aliphatic carbocycles. The van der Waals surface area contributed by atoms with E-state index < -0.39 is 0 Å². The fourth-order valence-electron chi connectivity index (χ4n) is 3.36. The molecule has 0 aliphatic heterocycles. The fourth-order valence-corrected chi connectivity index (χ4v) is 3.36. The number of hydrogen-bond acceptors (Lipinski definition) is 3. The number of carbonyl (C=O) groups is 1. The number of aryl methyl sites for hydroxylation is 1. The number of hydrogen-bond donors (Lipinski definition) is 1. The van der Waals surface area contributed by atoms with Crippen molar-refractivity contribution >= 4 is 11.6 Å². The summed E-state index contributed by atoms with van der Waals surface area (Å²) in [6.45, 7) is 0.653. The number of benzene rings is 1. The van der Waals surface area contributed by atoms with Crippen LogP contribution in [0.25, 0.3) is 0 Å². The first-order valence-electron chi connectivity index (χ1n) is 8.31. The van der Waals surface area contributed by atoms with Crippen LogP contribution in [0.4, 0.5) is 10.1 Å². The Morgan fingerprint density at radius 3 is 3.12 bits per heavy atom. The molecule has 24 heavy (non-hydrogen) atoms. The quantitative estimate of drug-likeness (QED) is 0.917. The van der Waals surface area contributed by atoms with E-state index in [1.54, 1.807) is 12.1 Å². The van der Waals surface area contributed by atoms with E-state index in [2.05, 4.69) is 15.3 Å². The van der Waals surface area contributed by atoms with E-state index >= 15 is 0 Å². The molecule has 1 unspecified atom stereocenters. The summed E-state index contributed by atoms with van der Waals surface area (Å²) in [7, 11) is 4.02. The predicted molar refractivity (Wildman–Crippen MR) is 91.2 cm³/mol. The number of halogens is 1. The van der Waals surface area contributed by atoms with Gasteiger partial charge in [-0.2, -0.15) is 5.10 Å². The third-order valence-electron chi connectivity index (χ3n) is 4.68.